The van der Waals surface area contributed by atoms with Gasteiger partial charge in [0.15, 0.2) is 17.3 Å². The Morgan fingerprint density at radius 2 is 1.91 bits per heavy atom. The number of amides is 1. The standard InChI is InChI=1S/C17H15NO5/c1-20-13-6-2-3-7-14(13)22-16-9-8-15(23-16)17(19)18-11-12-5-4-10-21-12/h2-10H,11H2,1H3,(H,18,19). The van der Waals surface area contributed by atoms with E-state index < -0.39 is 0 Å². The molecule has 0 bridgehead atoms. The van der Waals surface area contributed by atoms with Gasteiger partial charge in [-0.15, -0.1) is 0 Å². The minimum absolute atomic E-state index is 0.154. The lowest BCUT2D eigenvalue weighted by Gasteiger charge is -2.07. The number of rotatable bonds is 6. The minimum atomic E-state index is -0.351. The Bertz CT molecular complexity index is 776. The van der Waals surface area contributed by atoms with Gasteiger partial charge in [-0.3, -0.25) is 4.79 Å². The van der Waals surface area contributed by atoms with Crippen molar-refractivity contribution < 1.29 is 23.1 Å². The Hall–Kier alpha value is -3.15. The molecule has 0 unspecified atom stereocenters. The lowest BCUT2D eigenvalue weighted by molar-refractivity contribution is 0.0915. The number of ether oxygens (including phenoxy) is 2. The maximum absolute atomic E-state index is 12.0. The van der Waals surface area contributed by atoms with Crippen molar-refractivity contribution in [1.29, 1.82) is 0 Å². The molecule has 1 amide bonds. The van der Waals surface area contributed by atoms with E-state index in [2.05, 4.69) is 5.32 Å². The number of furan rings is 2. The fourth-order valence-corrected chi connectivity index (χ4v) is 1.98. The molecule has 0 spiro atoms. The van der Waals surface area contributed by atoms with Crippen molar-refractivity contribution in [1.82, 2.24) is 5.32 Å². The topological polar surface area (TPSA) is 73.8 Å². The van der Waals surface area contributed by atoms with Gasteiger partial charge in [0.2, 0.25) is 0 Å². The maximum atomic E-state index is 12.0. The van der Waals surface area contributed by atoms with E-state index in [-0.39, 0.29) is 24.2 Å². The minimum Gasteiger partial charge on any atom is -0.493 e. The van der Waals surface area contributed by atoms with Crippen LogP contribution in [-0.4, -0.2) is 13.0 Å². The van der Waals surface area contributed by atoms with E-state index in [9.17, 15) is 4.79 Å². The molecule has 1 N–H and O–H groups in total. The number of carbonyl (C=O) groups is 1. The lowest BCUT2D eigenvalue weighted by Crippen LogP contribution is -2.21. The van der Waals surface area contributed by atoms with Gasteiger partial charge in [0, 0.05) is 6.07 Å². The first kappa shape index (κ1) is 14.8. The molecule has 0 saturated carbocycles. The molecule has 0 fully saturated rings. The summed E-state index contributed by atoms with van der Waals surface area (Å²) >= 11 is 0. The molecule has 2 heterocycles. The summed E-state index contributed by atoms with van der Waals surface area (Å²) in [6, 6.07) is 13.8. The normalized spacial score (nSPS) is 10.3. The van der Waals surface area contributed by atoms with Gasteiger partial charge in [-0.1, -0.05) is 12.1 Å². The molecule has 3 rings (SSSR count). The van der Waals surface area contributed by atoms with Gasteiger partial charge in [0.05, 0.1) is 19.9 Å². The van der Waals surface area contributed by atoms with Gasteiger partial charge >= 0.3 is 0 Å². The van der Waals surface area contributed by atoms with Crippen molar-refractivity contribution in [2.24, 2.45) is 0 Å². The average Bonchev–Trinajstić information content (AvgIpc) is 3.25. The van der Waals surface area contributed by atoms with Crippen LogP contribution in [0.4, 0.5) is 0 Å². The number of hydrogen-bond donors (Lipinski definition) is 1. The summed E-state index contributed by atoms with van der Waals surface area (Å²) in [5.41, 5.74) is 0. The highest BCUT2D eigenvalue weighted by molar-refractivity contribution is 5.91. The van der Waals surface area contributed by atoms with Gasteiger partial charge in [-0.05, 0) is 30.3 Å². The van der Waals surface area contributed by atoms with Crippen molar-refractivity contribution in [3.8, 4) is 17.4 Å². The maximum Gasteiger partial charge on any atom is 0.290 e. The molecule has 0 radical (unpaired) electrons. The molecule has 118 valence electrons. The molecule has 0 aliphatic heterocycles. The molecular weight excluding hydrogens is 298 g/mol. The zero-order valence-corrected chi connectivity index (χ0v) is 12.4. The number of benzene rings is 1. The SMILES string of the molecule is COc1ccccc1Oc1ccc(C(=O)NCc2ccco2)o1. The van der Waals surface area contributed by atoms with E-state index in [4.69, 9.17) is 18.3 Å². The highest BCUT2D eigenvalue weighted by atomic mass is 16.6. The Balaban J connectivity index is 1.64. The molecule has 23 heavy (non-hydrogen) atoms. The third-order valence-corrected chi connectivity index (χ3v) is 3.09. The van der Waals surface area contributed by atoms with Crippen LogP contribution in [0, 0.1) is 0 Å². The Morgan fingerprint density at radius 3 is 2.65 bits per heavy atom. The summed E-state index contributed by atoms with van der Waals surface area (Å²) < 4.78 is 21.3. The number of para-hydroxylation sites is 2. The molecule has 2 aromatic heterocycles. The predicted octanol–water partition coefficient (Wildman–Crippen LogP) is 3.60. The number of hydrogen-bond acceptors (Lipinski definition) is 5. The molecule has 3 aromatic rings. The van der Waals surface area contributed by atoms with Crippen molar-refractivity contribution in [2.75, 3.05) is 7.11 Å². The molecule has 0 aliphatic rings. The molecule has 0 saturated heterocycles. The summed E-state index contributed by atoms with van der Waals surface area (Å²) in [7, 11) is 1.55. The molecule has 1 aromatic carbocycles. The highest BCUT2D eigenvalue weighted by Gasteiger charge is 2.13. The van der Waals surface area contributed by atoms with E-state index in [0.717, 1.165) is 0 Å². The number of nitrogens with one attached hydrogen (secondary N) is 1. The third-order valence-electron chi connectivity index (χ3n) is 3.09. The molecular formula is C17H15NO5. The van der Waals surface area contributed by atoms with Crippen LogP contribution in [0.15, 0.2) is 63.6 Å². The second kappa shape index (κ2) is 6.74. The Kier molecular flexibility index (Phi) is 4.33. The summed E-state index contributed by atoms with van der Waals surface area (Å²) in [5, 5.41) is 2.69. The number of carbonyl (C=O) groups excluding carboxylic acids is 1. The second-order valence-corrected chi connectivity index (χ2v) is 4.63. The van der Waals surface area contributed by atoms with Crippen LogP contribution in [0.3, 0.4) is 0 Å². The Labute approximate surface area is 132 Å². The fourth-order valence-electron chi connectivity index (χ4n) is 1.98. The predicted molar refractivity (Wildman–Crippen MR) is 81.7 cm³/mol. The zero-order valence-electron chi connectivity index (χ0n) is 12.4. The summed E-state index contributed by atoms with van der Waals surface area (Å²) in [6.45, 7) is 0.287. The van der Waals surface area contributed by atoms with Crippen molar-refractivity contribution >= 4 is 5.91 Å². The fraction of sp³-hybridized carbons (Fsp3) is 0.118. The van der Waals surface area contributed by atoms with E-state index >= 15 is 0 Å². The van der Waals surface area contributed by atoms with Crippen LogP contribution in [0.25, 0.3) is 0 Å². The van der Waals surface area contributed by atoms with E-state index in [1.807, 2.05) is 12.1 Å². The number of methoxy groups -OCH3 is 1. The van der Waals surface area contributed by atoms with Gasteiger partial charge < -0.3 is 23.6 Å². The quantitative estimate of drug-likeness (QED) is 0.752. The summed E-state index contributed by atoms with van der Waals surface area (Å²) in [4.78, 5) is 12.0. The first-order chi connectivity index (χ1) is 11.3. The van der Waals surface area contributed by atoms with E-state index in [1.54, 1.807) is 49.8 Å². The summed E-state index contributed by atoms with van der Waals surface area (Å²) in [6.07, 6.45) is 1.55. The van der Waals surface area contributed by atoms with E-state index in [1.165, 1.54) is 0 Å². The summed E-state index contributed by atoms with van der Waals surface area (Å²) in [5.74, 6) is 1.75. The molecule has 6 nitrogen and oxygen atoms in total. The largest absolute Gasteiger partial charge is 0.493 e. The van der Waals surface area contributed by atoms with Crippen LogP contribution >= 0.6 is 0 Å². The second-order valence-electron chi connectivity index (χ2n) is 4.63. The molecule has 0 aliphatic carbocycles. The highest BCUT2D eigenvalue weighted by Crippen LogP contribution is 2.31. The Morgan fingerprint density at radius 1 is 1.09 bits per heavy atom. The van der Waals surface area contributed by atoms with Crippen molar-refractivity contribution in [3.63, 3.8) is 0 Å². The lowest BCUT2D eigenvalue weighted by atomic mass is 10.3. The smallest absolute Gasteiger partial charge is 0.290 e. The van der Waals surface area contributed by atoms with Crippen LogP contribution in [0.5, 0.6) is 17.4 Å². The van der Waals surface area contributed by atoms with E-state index in [0.29, 0.717) is 17.3 Å². The van der Waals surface area contributed by atoms with Crippen molar-refractivity contribution in [2.45, 2.75) is 6.54 Å². The van der Waals surface area contributed by atoms with Gasteiger partial charge in [0.1, 0.15) is 5.76 Å². The van der Waals surface area contributed by atoms with Gasteiger partial charge in [0.25, 0.3) is 11.9 Å². The van der Waals surface area contributed by atoms with Crippen LogP contribution in [0.2, 0.25) is 0 Å². The van der Waals surface area contributed by atoms with Gasteiger partial charge in [-0.25, -0.2) is 0 Å². The van der Waals surface area contributed by atoms with Crippen LogP contribution in [-0.2, 0) is 6.54 Å². The van der Waals surface area contributed by atoms with Crippen molar-refractivity contribution in [3.05, 3.63) is 66.3 Å². The molecule has 0 atom stereocenters. The molecule has 6 heteroatoms. The first-order valence-electron chi connectivity index (χ1n) is 6.97. The monoisotopic (exact) mass is 313 g/mol. The first-order valence-corrected chi connectivity index (χ1v) is 6.97. The van der Waals surface area contributed by atoms with Crippen LogP contribution in [0.1, 0.15) is 16.3 Å². The van der Waals surface area contributed by atoms with Crippen LogP contribution < -0.4 is 14.8 Å². The zero-order chi connectivity index (χ0) is 16.1. The van der Waals surface area contributed by atoms with Gasteiger partial charge in [-0.2, -0.15) is 0 Å². The average molecular weight is 313 g/mol. The third kappa shape index (κ3) is 3.55.